The van der Waals surface area contributed by atoms with E-state index >= 15 is 0 Å². The molecule has 0 aliphatic heterocycles. The highest BCUT2D eigenvalue weighted by Crippen LogP contribution is 2.50. The average molecular weight is 1080 g/mol. The lowest BCUT2D eigenvalue weighted by Crippen LogP contribution is -2.18. The highest BCUT2D eigenvalue weighted by atomic mass is 15.2. The van der Waals surface area contributed by atoms with Crippen LogP contribution in [0.3, 0.4) is 0 Å². The van der Waals surface area contributed by atoms with Crippen LogP contribution in [0.1, 0.15) is 22.3 Å². The van der Waals surface area contributed by atoms with Gasteiger partial charge in [0.1, 0.15) is 0 Å². The molecule has 0 heterocycles. The molecule has 2 aliphatic rings. The lowest BCUT2D eigenvalue weighted by molar-refractivity contribution is 0.875. The van der Waals surface area contributed by atoms with E-state index in [1.54, 1.807) is 0 Å². The van der Waals surface area contributed by atoms with E-state index in [0.717, 1.165) is 82.6 Å². The number of aryl methyl sites for hydroxylation is 4. The number of fused-ring (bicyclic) bond motifs is 4. The van der Waals surface area contributed by atoms with Crippen LogP contribution >= 0.6 is 0 Å². The molecule has 0 unspecified atom stereocenters. The Morgan fingerprint density at radius 2 is 0.464 bits per heavy atom. The summed E-state index contributed by atoms with van der Waals surface area (Å²) in [6.07, 6.45) is 3.84. The number of hydrogen-bond acceptors (Lipinski definition) is 4. The summed E-state index contributed by atoms with van der Waals surface area (Å²) in [5, 5.41) is 9.78. The average Bonchev–Trinajstić information content (AvgIpc) is 1.23. The number of para-hydroxylation sites is 2. The highest BCUT2D eigenvalue weighted by molar-refractivity contribution is 6.01. The van der Waals surface area contributed by atoms with E-state index < -0.39 is 0 Å². The molecule has 0 aromatic heterocycles. The highest BCUT2D eigenvalue weighted by Gasteiger charge is 2.30. The second kappa shape index (κ2) is 20.7. The summed E-state index contributed by atoms with van der Waals surface area (Å²) in [7, 11) is 0. The molecule has 0 bridgehead atoms. The molecule has 0 radical (unpaired) electrons. The van der Waals surface area contributed by atoms with Crippen molar-refractivity contribution in [2.75, 3.05) is 19.6 Å². The number of nitrogens with zero attached hydrogens (tertiary/aromatic N) is 4. The Labute approximate surface area is 490 Å². The number of rotatable bonds is 12. The molecule has 0 spiro atoms. The maximum Gasteiger partial charge on any atom is 0.0540 e. The standard InChI is InChI=1S/C80H58N4/c1-3-25-65(26-4-1)83(77-31-15-23-57-19-11-13-29-75(57)77)69-45-41-67(42-46-69)81(71-39-37-55-17-7-9-21-59(55)49-71)73-51-61-33-35-63-53-74(54-64-36-34-62(52-73)79(61)80(63)64)82(72-40-38-56-18-8-10-22-60(56)50-72)68-43-47-70(48-44-68)84(66-27-5-2-6-28-66)78-32-16-24-58-20-12-14-30-76(58)78/h1-32,37-54H,33-36H2. The third-order valence-corrected chi connectivity index (χ3v) is 17.4. The Bertz CT molecular complexity index is 4430. The molecular weight excluding hydrogens is 1020 g/mol. The van der Waals surface area contributed by atoms with Gasteiger partial charge in [0.05, 0.1) is 11.4 Å². The van der Waals surface area contributed by atoms with Gasteiger partial charge in [-0.3, -0.25) is 0 Å². The topological polar surface area (TPSA) is 13.0 Å². The molecule has 84 heavy (non-hydrogen) atoms. The van der Waals surface area contributed by atoms with Gasteiger partial charge in [0.25, 0.3) is 0 Å². The van der Waals surface area contributed by atoms with Crippen LogP contribution < -0.4 is 19.6 Å². The van der Waals surface area contributed by atoms with Crippen LogP contribution in [0.5, 0.6) is 0 Å². The molecule has 4 heteroatoms. The quantitative estimate of drug-likeness (QED) is 0.121. The zero-order valence-electron chi connectivity index (χ0n) is 46.5. The second-order valence-electron chi connectivity index (χ2n) is 22.4. The van der Waals surface area contributed by atoms with Gasteiger partial charge in [-0.25, -0.2) is 0 Å². The van der Waals surface area contributed by atoms with Gasteiger partial charge < -0.3 is 19.6 Å². The fourth-order valence-corrected chi connectivity index (χ4v) is 13.6. The summed E-state index contributed by atoms with van der Waals surface area (Å²) in [6, 6.07) is 112. The first-order chi connectivity index (χ1) is 41.6. The molecule has 0 atom stereocenters. The Hall–Kier alpha value is -10.7. The van der Waals surface area contributed by atoms with Crippen molar-refractivity contribution in [3.63, 3.8) is 0 Å². The molecule has 0 fully saturated rings. The van der Waals surface area contributed by atoms with Crippen molar-refractivity contribution in [2.45, 2.75) is 25.7 Å². The molecule has 4 nitrogen and oxygen atoms in total. The Morgan fingerprint density at radius 1 is 0.179 bits per heavy atom. The van der Waals surface area contributed by atoms with Crippen molar-refractivity contribution < 1.29 is 0 Å². The number of hydrogen-bond donors (Lipinski definition) is 0. The number of anilines is 12. The van der Waals surface area contributed by atoms with E-state index in [1.807, 2.05) is 0 Å². The maximum atomic E-state index is 2.50. The maximum absolute atomic E-state index is 2.50. The molecular formula is C80H58N4. The Balaban J connectivity index is 0.792. The summed E-state index contributed by atoms with van der Waals surface area (Å²) < 4.78 is 0. The van der Waals surface area contributed by atoms with Gasteiger partial charge in [-0.15, -0.1) is 0 Å². The van der Waals surface area contributed by atoms with Gasteiger partial charge in [0.15, 0.2) is 0 Å². The molecule has 14 aromatic carbocycles. The summed E-state index contributed by atoms with van der Waals surface area (Å²) in [5.41, 5.74) is 22.2. The van der Waals surface area contributed by atoms with E-state index in [1.165, 1.54) is 87.8 Å². The minimum absolute atomic E-state index is 0.960. The van der Waals surface area contributed by atoms with Crippen molar-refractivity contribution in [3.05, 3.63) is 326 Å². The van der Waals surface area contributed by atoms with Crippen molar-refractivity contribution >= 4 is 111 Å². The lowest BCUT2D eigenvalue weighted by atomic mass is 9.75. The predicted molar refractivity (Wildman–Crippen MR) is 355 cm³/mol. The van der Waals surface area contributed by atoms with Gasteiger partial charge >= 0.3 is 0 Å². The first-order valence-corrected chi connectivity index (χ1v) is 29.4. The van der Waals surface area contributed by atoms with Crippen LogP contribution in [0.25, 0.3) is 54.2 Å². The van der Waals surface area contributed by atoms with Crippen LogP contribution in [0.15, 0.2) is 303 Å². The second-order valence-corrected chi connectivity index (χ2v) is 22.4. The van der Waals surface area contributed by atoms with E-state index in [2.05, 4.69) is 323 Å². The fourth-order valence-electron chi connectivity index (χ4n) is 13.6. The van der Waals surface area contributed by atoms with Crippen LogP contribution in [0, 0.1) is 0 Å². The van der Waals surface area contributed by atoms with Gasteiger partial charge in [0.2, 0.25) is 0 Å². The first-order valence-electron chi connectivity index (χ1n) is 29.4. The molecule has 0 saturated heterocycles. The van der Waals surface area contributed by atoms with E-state index in [-0.39, 0.29) is 0 Å². The lowest BCUT2D eigenvalue weighted by Gasteiger charge is -2.35. The normalized spacial score (nSPS) is 12.3. The van der Waals surface area contributed by atoms with Gasteiger partial charge in [-0.2, -0.15) is 0 Å². The minimum atomic E-state index is 0.960. The van der Waals surface area contributed by atoms with Gasteiger partial charge in [0, 0.05) is 67.6 Å². The molecule has 0 saturated carbocycles. The number of benzene rings is 14. The van der Waals surface area contributed by atoms with Crippen LogP contribution in [-0.2, 0) is 25.7 Å². The summed E-state index contributed by atoms with van der Waals surface area (Å²) in [4.78, 5) is 9.75. The third kappa shape index (κ3) is 8.70. The Morgan fingerprint density at radius 3 is 0.845 bits per heavy atom. The van der Waals surface area contributed by atoms with E-state index in [0.29, 0.717) is 0 Å². The molecule has 0 N–H and O–H groups in total. The zero-order valence-corrected chi connectivity index (χ0v) is 46.5. The largest absolute Gasteiger partial charge is 0.310 e. The van der Waals surface area contributed by atoms with Crippen molar-refractivity contribution in [3.8, 4) is 11.1 Å². The zero-order chi connectivity index (χ0) is 55.5. The third-order valence-electron chi connectivity index (χ3n) is 17.4. The summed E-state index contributed by atoms with van der Waals surface area (Å²) in [6.45, 7) is 0. The summed E-state index contributed by atoms with van der Waals surface area (Å²) >= 11 is 0. The summed E-state index contributed by atoms with van der Waals surface area (Å²) in [5.74, 6) is 0. The Kier molecular flexibility index (Phi) is 12.1. The van der Waals surface area contributed by atoms with Gasteiger partial charge in [-0.05, 0) is 225 Å². The van der Waals surface area contributed by atoms with Crippen molar-refractivity contribution in [1.29, 1.82) is 0 Å². The van der Waals surface area contributed by atoms with E-state index in [9.17, 15) is 0 Å². The smallest absolute Gasteiger partial charge is 0.0540 e. The molecule has 398 valence electrons. The van der Waals surface area contributed by atoms with Crippen LogP contribution in [0.2, 0.25) is 0 Å². The van der Waals surface area contributed by atoms with Crippen molar-refractivity contribution in [2.24, 2.45) is 0 Å². The van der Waals surface area contributed by atoms with E-state index in [4.69, 9.17) is 0 Å². The predicted octanol–water partition coefficient (Wildman–Crippen LogP) is 22.0. The SMILES string of the molecule is c1ccc(N(c2ccc(N(c3cc4c5c(c3)CCc3cc(N(c6ccc(N(c7ccccc7)c7cccc8ccccc78)cc6)c6ccc7ccccc7c6)cc(c3-5)CC4)c3ccc4ccccc4c3)cc2)c2cccc3ccccc23)cc1. The minimum Gasteiger partial charge on any atom is -0.310 e. The van der Waals surface area contributed by atoms with Crippen molar-refractivity contribution in [1.82, 2.24) is 0 Å². The molecule has 16 rings (SSSR count). The monoisotopic (exact) mass is 1070 g/mol. The molecule has 14 aromatic rings. The molecule has 2 aliphatic carbocycles. The van der Waals surface area contributed by atoms with Gasteiger partial charge in [-0.1, -0.05) is 170 Å². The first kappa shape index (κ1) is 49.2. The molecule has 0 amide bonds. The van der Waals surface area contributed by atoms with Crippen LogP contribution in [0.4, 0.5) is 68.2 Å². The van der Waals surface area contributed by atoms with Crippen LogP contribution in [-0.4, -0.2) is 0 Å². The fraction of sp³-hybridized carbons (Fsp3) is 0.0500.